The molecule has 0 amide bonds. The lowest BCUT2D eigenvalue weighted by Crippen LogP contribution is -2.06. The highest BCUT2D eigenvalue weighted by Gasteiger charge is 2.31. The fourth-order valence-corrected chi connectivity index (χ4v) is 2.18. The normalized spacial score (nSPS) is 16.9. The van der Waals surface area contributed by atoms with Crippen LogP contribution in [0, 0.1) is 11.7 Å². The maximum absolute atomic E-state index is 13.8. The van der Waals surface area contributed by atoms with E-state index in [1.807, 2.05) is 19.1 Å². The van der Waals surface area contributed by atoms with Gasteiger partial charge in [0.1, 0.15) is 5.82 Å². The third kappa shape index (κ3) is 2.08. The summed E-state index contributed by atoms with van der Waals surface area (Å²) in [4.78, 5) is 0. The summed E-state index contributed by atoms with van der Waals surface area (Å²) >= 11 is 0. The van der Waals surface area contributed by atoms with Crippen molar-refractivity contribution in [2.24, 2.45) is 5.92 Å². The second kappa shape index (κ2) is 4.25. The Morgan fingerprint density at radius 1 is 1.31 bits per heavy atom. The molecular weight excluding hydrogens is 199 g/mol. The van der Waals surface area contributed by atoms with E-state index in [1.54, 1.807) is 6.07 Å². The molecule has 2 rings (SSSR count). The van der Waals surface area contributed by atoms with E-state index in [4.69, 9.17) is 0 Å². The predicted molar refractivity (Wildman–Crippen MR) is 65.8 cm³/mol. The zero-order valence-electron chi connectivity index (χ0n) is 9.67. The van der Waals surface area contributed by atoms with Gasteiger partial charge in [-0.25, -0.2) is 4.39 Å². The molecule has 0 heterocycles. The van der Waals surface area contributed by atoms with Crippen molar-refractivity contribution < 1.29 is 4.39 Å². The van der Waals surface area contributed by atoms with Crippen LogP contribution in [0.25, 0.3) is 0 Å². The molecule has 16 heavy (non-hydrogen) atoms. The first-order valence-electron chi connectivity index (χ1n) is 5.69. The van der Waals surface area contributed by atoms with Crippen LogP contribution in [0.4, 0.5) is 4.39 Å². The molecule has 1 aliphatic carbocycles. The van der Waals surface area contributed by atoms with Crippen LogP contribution >= 0.6 is 0 Å². The molecule has 0 spiro atoms. The van der Waals surface area contributed by atoms with E-state index in [0.717, 1.165) is 11.1 Å². The Hall–Kier alpha value is -1.37. The molecule has 0 aromatic heterocycles. The van der Waals surface area contributed by atoms with Crippen LogP contribution in [-0.2, 0) is 0 Å². The third-order valence-corrected chi connectivity index (χ3v) is 3.18. The van der Waals surface area contributed by atoms with Crippen molar-refractivity contribution in [1.29, 1.82) is 0 Å². The molecule has 0 aliphatic heterocycles. The standard InChI is InChI=1S/C15H17F/c1-10(2)15(11(3)12-8-9-12)13-6-4-5-7-14(13)16/h4-7,12,15H,1,3,8-9H2,2H3. The minimum absolute atomic E-state index is 0.0197. The SMILES string of the molecule is C=C(C)C(C(=C)C1CC1)c1ccccc1F. The second-order valence-corrected chi connectivity index (χ2v) is 4.65. The first-order valence-corrected chi connectivity index (χ1v) is 5.69. The summed E-state index contributed by atoms with van der Waals surface area (Å²) in [5.74, 6) is 0.396. The van der Waals surface area contributed by atoms with Crippen molar-refractivity contribution in [3.05, 3.63) is 60.0 Å². The Bertz CT molecular complexity index is 427. The number of hydrogen-bond acceptors (Lipinski definition) is 0. The van der Waals surface area contributed by atoms with Crippen LogP contribution in [0.1, 0.15) is 31.2 Å². The maximum atomic E-state index is 13.8. The van der Waals surface area contributed by atoms with E-state index < -0.39 is 0 Å². The molecule has 84 valence electrons. The van der Waals surface area contributed by atoms with Gasteiger partial charge in [-0.05, 0) is 37.3 Å². The zero-order chi connectivity index (χ0) is 11.7. The van der Waals surface area contributed by atoms with Crippen LogP contribution in [0.5, 0.6) is 0 Å². The fourth-order valence-electron chi connectivity index (χ4n) is 2.18. The number of rotatable bonds is 4. The number of benzene rings is 1. The first kappa shape index (κ1) is 11.1. The summed E-state index contributed by atoms with van der Waals surface area (Å²) in [6.45, 7) is 10.1. The van der Waals surface area contributed by atoms with E-state index in [2.05, 4.69) is 13.2 Å². The molecule has 1 aliphatic rings. The molecule has 0 radical (unpaired) electrons. The monoisotopic (exact) mass is 216 g/mol. The lowest BCUT2D eigenvalue weighted by Gasteiger charge is -2.20. The molecule has 0 nitrogen and oxygen atoms in total. The van der Waals surface area contributed by atoms with Crippen LogP contribution in [0.15, 0.2) is 48.6 Å². The van der Waals surface area contributed by atoms with Gasteiger partial charge in [0.2, 0.25) is 0 Å². The van der Waals surface area contributed by atoms with Gasteiger partial charge in [-0.1, -0.05) is 42.5 Å². The van der Waals surface area contributed by atoms with Gasteiger partial charge in [0, 0.05) is 5.92 Å². The highest BCUT2D eigenvalue weighted by atomic mass is 19.1. The van der Waals surface area contributed by atoms with Crippen molar-refractivity contribution in [3.8, 4) is 0 Å². The molecule has 1 saturated carbocycles. The first-order chi connectivity index (χ1) is 7.61. The summed E-state index contributed by atoms with van der Waals surface area (Å²) in [6, 6.07) is 6.93. The zero-order valence-corrected chi connectivity index (χ0v) is 9.67. The van der Waals surface area contributed by atoms with E-state index >= 15 is 0 Å². The Balaban J connectivity index is 2.36. The van der Waals surface area contributed by atoms with Gasteiger partial charge in [-0.3, -0.25) is 0 Å². The number of allylic oxidation sites excluding steroid dienone is 2. The Morgan fingerprint density at radius 2 is 1.94 bits per heavy atom. The lowest BCUT2D eigenvalue weighted by atomic mass is 9.84. The van der Waals surface area contributed by atoms with Crippen molar-refractivity contribution in [2.75, 3.05) is 0 Å². The van der Waals surface area contributed by atoms with Crippen molar-refractivity contribution in [3.63, 3.8) is 0 Å². The molecule has 1 fully saturated rings. The lowest BCUT2D eigenvalue weighted by molar-refractivity contribution is 0.601. The molecule has 1 heteroatoms. The molecule has 1 unspecified atom stereocenters. The second-order valence-electron chi connectivity index (χ2n) is 4.65. The molecule has 0 bridgehead atoms. The van der Waals surface area contributed by atoms with Gasteiger partial charge < -0.3 is 0 Å². The molecule has 0 N–H and O–H groups in total. The highest BCUT2D eigenvalue weighted by Crippen LogP contribution is 2.45. The van der Waals surface area contributed by atoms with E-state index in [0.29, 0.717) is 11.5 Å². The Kier molecular flexibility index (Phi) is 2.95. The van der Waals surface area contributed by atoms with E-state index in [9.17, 15) is 4.39 Å². The van der Waals surface area contributed by atoms with Gasteiger partial charge in [-0.2, -0.15) is 0 Å². The Labute approximate surface area is 96.5 Å². The smallest absolute Gasteiger partial charge is 0.127 e. The predicted octanol–water partition coefficient (Wildman–Crippen LogP) is 4.45. The van der Waals surface area contributed by atoms with Gasteiger partial charge in [0.05, 0.1) is 0 Å². The molecule has 1 atom stereocenters. The Morgan fingerprint density at radius 3 is 2.44 bits per heavy atom. The van der Waals surface area contributed by atoms with Crippen LogP contribution < -0.4 is 0 Å². The van der Waals surface area contributed by atoms with Crippen molar-refractivity contribution in [2.45, 2.75) is 25.7 Å². The van der Waals surface area contributed by atoms with E-state index in [1.165, 1.54) is 18.9 Å². The largest absolute Gasteiger partial charge is 0.207 e. The summed E-state index contributed by atoms with van der Waals surface area (Å²) in [7, 11) is 0. The van der Waals surface area contributed by atoms with Crippen LogP contribution in [0.3, 0.4) is 0 Å². The third-order valence-electron chi connectivity index (χ3n) is 3.18. The fraction of sp³-hybridized carbons (Fsp3) is 0.333. The maximum Gasteiger partial charge on any atom is 0.127 e. The molecular formula is C15H17F. The van der Waals surface area contributed by atoms with Crippen LogP contribution in [-0.4, -0.2) is 0 Å². The summed E-state index contributed by atoms with van der Waals surface area (Å²) in [5, 5.41) is 0. The topological polar surface area (TPSA) is 0 Å². The number of hydrogen-bond donors (Lipinski definition) is 0. The highest BCUT2D eigenvalue weighted by molar-refractivity contribution is 5.38. The average Bonchev–Trinajstić information content (AvgIpc) is 3.04. The van der Waals surface area contributed by atoms with Crippen LogP contribution in [0.2, 0.25) is 0 Å². The van der Waals surface area contributed by atoms with Gasteiger partial charge in [0.15, 0.2) is 0 Å². The summed E-state index contributed by atoms with van der Waals surface area (Å²) in [5.41, 5.74) is 2.81. The van der Waals surface area contributed by atoms with Crippen molar-refractivity contribution >= 4 is 0 Å². The summed E-state index contributed by atoms with van der Waals surface area (Å²) < 4.78 is 13.8. The van der Waals surface area contributed by atoms with E-state index in [-0.39, 0.29) is 11.7 Å². The molecule has 1 aromatic carbocycles. The average molecular weight is 216 g/mol. The van der Waals surface area contributed by atoms with Gasteiger partial charge >= 0.3 is 0 Å². The molecule has 0 saturated heterocycles. The number of halogens is 1. The summed E-state index contributed by atoms with van der Waals surface area (Å²) in [6.07, 6.45) is 2.38. The van der Waals surface area contributed by atoms with Crippen molar-refractivity contribution in [1.82, 2.24) is 0 Å². The minimum atomic E-state index is -0.155. The van der Waals surface area contributed by atoms with Gasteiger partial charge in [-0.15, -0.1) is 0 Å². The molecule has 1 aromatic rings. The quantitative estimate of drug-likeness (QED) is 0.652. The van der Waals surface area contributed by atoms with Gasteiger partial charge in [0.25, 0.3) is 0 Å². The minimum Gasteiger partial charge on any atom is -0.207 e.